The van der Waals surface area contributed by atoms with Gasteiger partial charge in [-0.2, -0.15) is 0 Å². The summed E-state index contributed by atoms with van der Waals surface area (Å²) in [5.41, 5.74) is 1.75. The van der Waals surface area contributed by atoms with E-state index in [0.29, 0.717) is 23.6 Å². The second-order valence-electron chi connectivity index (χ2n) is 6.76. The maximum absolute atomic E-state index is 9.85. The van der Waals surface area contributed by atoms with E-state index in [1.807, 2.05) is 30.3 Å². The van der Waals surface area contributed by atoms with Crippen LogP contribution in [-0.2, 0) is 5.41 Å². The average molecular weight is 737 g/mol. The lowest BCUT2D eigenvalue weighted by Gasteiger charge is -2.27. The van der Waals surface area contributed by atoms with Crippen molar-refractivity contribution in [2.45, 2.75) is 19.3 Å². The molecule has 0 aliphatic heterocycles. The molecule has 0 saturated heterocycles. The molecule has 4 nitrogen and oxygen atoms in total. The minimum Gasteiger partial charge on any atom is -0.508 e. The molecule has 0 saturated carbocycles. The molecule has 3 aromatic carbocycles. The van der Waals surface area contributed by atoms with Gasteiger partial charge in [-0.3, -0.25) is 4.79 Å². The largest absolute Gasteiger partial charge is 0.508 e. The normalized spacial score (nSPS) is 10.4. The predicted octanol–water partition coefficient (Wildman–Crippen LogP) is 9.45. The van der Waals surface area contributed by atoms with Gasteiger partial charge < -0.3 is 15.3 Å². The highest BCUT2D eigenvalue weighted by molar-refractivity contribution is 9.11. The van der Waals surface area contributed by atoms with Crippen LogP contribution in [0.2, 0.25) is 0 Å². The molecule has 172 valence electrons. The van der Waals surface area contributed by atoms with Gasteiger partial charge in [-0.25, -0.2) is 0 Å². The number of aromatic hydroxyl groups is 3. The Kier molecular flexibility index (Phi) is 12.1. The second kappa shape index (κ2) is 13.2. The van der Waals surface area contributed by atoms with Crippen molar-refractivity contribution < 1.29 is 20.1 Å². The van der Waals surface area contributed by atoms with Crippen LogP contribution in [0.1, 0.15) is 25.0 Å². The molecule has 32 heavy (non-hydrogen) atoms. The molecule has 0 amide bonds. The van der Waals surface area contributed by atoms with Crippen LogP contribution in [0.3, 0.4) is 0 Å². The predicted molar refractivity (Wildman–Crippen MR) is 144 cm³/mol. The Balaban J connectivity index is 0.000000382. The monoisotopic (exact) mass is 732 g/mol. The van der Waals surface area contributed by atoms with Crippen molar-refractivity contribution in [1.29, 1.82) is 0 Å². The van der Waals surface area contributed by atoms with Gasteiger partial charge in [-0.1, -0.05) is 32.0 Å². The SMILES string of the molecule is CC(C)(c1cc(Br)c(O)c(Br)c1)c1cc(Br)c(O)c(Br)c1.O=C(Cl)Cl.Oc1ccccc1. The Bertz CT molecular complexity index is 967. The molecular formula is C22H18Br4Cl2O4. The van der Waals surface area contributed by atoms with Gasteiger partial charge in [0.15, 0.2) is 0 Å². The number of phenols is 3. The number of benzene rings is 3. The van der Waals surface area contributed by atoms with Crippen LogP contribution >= 0.6 is 86.9 Å². The highest BCUT2D eigenvalue weighted by Gasteiger charge is 2.26. The first-order valence-corrected chi connectivity index (χ1v) is 12.7. The summed E-state index contributed by atoms with van der Waals surface area (Å²) in [5, 5.41) is 28.3. The zero-order chi connectivity index (χ0) is 24.6. The van der Waals surface area contributed by atoms with Gasteiger partial charge in [0.05, 0.1) is 17.9 Å². The van der Waals surface area contributed by atoms with E-state index in [9.17, 15) is 10.2 Å². The van der Waals surface area contributed by atoms with E-state index in [1.54, 1.807) is 24.3 Å². The Morgan fingerprint density at radius 2 is 1.00 bits per heavy atom. The van der Waals surface area contributed by atoms with Crippen molar-refractivity contribution in [3.05, 3.63) is 83.6 Å². The molecule has 0 atom stereocenters. The molecule has 3 rings (SSSR count). The Morgan fingerprint density at radius 3 is 1.22 bits per heavy atom. The highest BCUT2D eigenvalue weighted by Crippen LogP contribution is 2.43. The van der Waals surface area contributed by atoms with E-state index < -0.39 is 4.70 Å². The van der Waals surface area contributed by atoms with Crippen LogP contribution in [0.5, 0.6) is 17.2 Å². The standard InChI is InChI=1S/C15H12Br4O2.C6H6O.CCl2O/c1-15(2,7-3-9(16)13(20)10(17)4-7)8-5-11(18)14(21)12(19)6-8;7-6-4-2-1-3-5-6;2-1(3)4/h3-6,20-21H,1-2H3;1-5,7H;. The molecule has 0 radical (unpaired) electrons. The van der Waals surface area contributed by atoms with Crippen LogP contribution < -0.4 is 0 Å². The van der Waals surface area contributed by atoms with E-state index in [4.69, 9.17) is 9.90 Å². The van der Waals surface area contributed by atoms with Crippen LogP contribution in [0, 0.1) is 0 Å². The molecule has 0 heterocycles. The number of carbonyl (C=O) groups excluding carboxylic acids is 1. The number of hydrogen-bond donors (Lipinski definition) is 3. The maximum atomic E-state index is 9.85. The van der Waals surface area contributed by atoms with Crippen LogP contribution in [-0.4, -0.2) is 20.0 Å². The van der Waals surface area contributed by atoms with E-state index in [0.717, 1.165) is 11.1 Å². The summed E-state index contributed by atoms with van der Waals surface area (Å²) < 4.78 is 1.66. The topological polar surface area (TPSA) is 77.8 Å². The lowest BCUT2D eigenvalue weighted by molar-refractivity contribution is 0.275. The van der Waals surface area contributed by atoms with Gasteiger partial charge in [0.1, 0.15) is 17.2 Å². The molecular weight excluding hydrogens is 719 g/mol. The summed E-state index contributed by atoms with van der Waals surface area (Å²) in [6.07, 6.45) is 0. The van der Waals surface area contributed by atoms with Gasteiger partial charge >= 0.3 is 4.70 Å². The number of hydrogen-bond acceptors (Lipinski definition) is 4. The summed E-state index contributed by atoms with van der Waals surface area (Å²) >= 11 is 22.3. The number of halogens is 6. The Morgan fingerprint density at radius 1 is 0.719 bits per heavy atom. The number of phenolic OH excluding ortho intramolecular Hbond substituents is 3. The van der Waals surface area contributed by atoms with Crippen molar-refractivity contribution in [2.24, 2.45) is 0 Å². The third-order valence-electron chi connectivity index (χ3n) is 4.23. The third-order valence-corrected chi connectivity index (χ3v) is 6.65. The first kappa shape index (κ1) is 29.3. The Labute approximate surface area is 230 Å². The van der Waals surface area contributed by atoms with Gasteiger partial charge in [-0.05, 0) is 134 Å². The summed E-state index contributed by atoms with van der Waals surface area (Å²) in [4.78, 5) is 8.98. The molecule has 3 aromatic rings. The molecule has 10 heteroatoms. The van der Waals surface area contributed by atoms with Crippen molar-refractivity contribution >= 4 is 91.6 Å². The van der Waals surface area contributed by atoms with Crippen molar-refractivity contribution in [3.63, 3.8) is 0 Å². The van der Waals surface area contributed by atoms with E-state index in [2.05, 4.69) is 101 Å². The minimum atomic E-state index is -0.889. The van der Waals surface area contributed by atoms with Gasteiger partial charge in [0.25, 0.3) is 0 Å². The molecule has 0 aromatic heterocycles. The lowest BCUT2D eigenvalue weighted by atomic mass is 9.78. The molecule has 0 aliphatic rings. The summed E-state index contributed by atoms with van der Waals surface area (Å²) in [7, 11) is 0. The fraction of sp³-hybridized carbons (Fsp3) is 0.136. The molecule has 3 N–H and O–H groups in total. The minimum absolute atomic E-state index is 0.183. The Hall–Kier alpha value is -0.770. The van der Waals surface area contributed by atoms with Crippen molar-refractivity contribution in [2.75, 3.05) is 0 Å². The molecule has 0 aliphatic carbocycles. The van der Waals surface area contributed by atoms with E-state index >= 15 is 0 Å². The molecule has 0 unspecified atom stereocenters. The third kappa shape index (κ3) is 8.88. The van der Waals surface area contributed by atoms with Gasteiger partial charge in [-0.15, -0.1) is 0 Å². The lowest BCUT2D eigenvalue weighted by Crippen LogP contribution is -2.19. The number of carbonyl (C=O) groups is 1. The van der Waals surface area contributed by atoms with Gasteiger partial charge in [0.2, 0.25) is 0 Å². The highest BCUT2D eigenvalue weighted by atomic mass is 79.9. The van der Waals surface area contributed by atoms with Gasteiger partial charge in [0, 0.05) is 5.41 Å². The van der Waals surface area contributed by atoms with E-state index in [-0.39, 0.29) is 16.9 Å². The van der Waals surface area contributed by atoms with Crippen LogP contribution in [0.4, 0.5) is 4.79 Å². The summed E-state index contributed by atoms with van der Waals surface area (Å²) in [5.74, 6) is 0.688. The fourth-order valence-corrected chi connectivity index (χ4v) is 4.82. The van der Waals surface area contributed by atoms with E-state index in [1.165, 1.54) is 0 Å². The zero-order valence-electron chi connectivity index (χ0n) is 16.7. The summed E-state index contributed by atoms with van der Waals surface area (Å²) in [6.45, 7) is 4.17. The summed E-state index contributed by atoms with van der Waals surface area (Å²) in [6, 6.07) is 16.3. The number of rotatable bonds is 2. The second-order valence-corrected chi connectivity index (χ2v) is 11.1. The fourth-order valence-electron chi connectivity index (χ4n) is 2.45. The molecule has 0 bridgehead atoms. The average Bonchev–Trinajstić information content (AvgIpc) is 2.70. The molecule has 0 spiro atoms. The maximum Gasteiger partial charge on any atom is 0.313 e. The van der Waals surface area contributed by atoms with Crippen molar-refractivity contribution in [1.82, 2.24) is 0 Å². The quantitative estimate of drug-likeness (QED) is 0.229. The first-order chi connectivity index (χ1) is 14.8. The zero-order valence-corrected chi connectivity index (χ0v) is 24.6. The smallest absolute Gasteiger partial charge is 0.313 e. The number of para-hydroxylation sites is 1. The first-order valence-electron chi connectivity index (χ1n) is 8.73. The molecule has 0 fully saturated rings. The van der Waals surface area contributed by atoms with Crippen molar-refractivity contribution in [3.8, 4) is 17.2 Å². The van der Waals surface area contributed by atoms with Crippen LogP contribution in [0.25, 0.3) is 0 Å². The van der Waals surface area contributed by atoms with Crippen LogP contribution in [0.15, 0.2) is 72.5 Å².